The van der Waals surface area contributed by atoms with E-state index in [0.29, 0.717) is 17.9 Å². The summed E-state index contributed by atoms with van der Waals surface area (Å²) in [7, 11) is 0. The van der Waals surface area contributed by atoms with Crippen LogP contribution in [0.4, 0.5) is 11.4 Å². The first-order chi connectivity index (χ1) is 9.13. The van der Waals surface area contributed by atoms with Gasteiger partial charge in [-0.15, -0.1) is 0 Å². The molecule has 0 bridgehead atoms. The maximum absolute atomic E-state index is 11.3. The molecule has 0 unspecified atom stereocenters. The lowest BCUT2D eigenvalue weighted by molar-refractivity contribution is -0.383. The fourth-order valence-electron chi connectivity index (χ4n) is 1.74. The summed E-state index contributed by atoms with van der Waals surface area (Å²) < 4.78 is 2.26. The molecule has 1 N–H and O–H groups in total. The van der Waals surface area contributed by atoms with Crippen molar-refractivity contribution in [3.8, 4) is 5.69 Å². The third-order valence-corrected chi connectivity index (χ3v) is 2.97. The van der Waals surface area contributed by atoms with E-state index in [-0.39, 0.29) is 10.6 Å². The minimum absolute atomic E-state index is 0.0338. The lowest BCUT2D eigenvalue weighted by Gasteiger charge is -2.09. The molecule has 0 atom stereocenters. The van der Waals surface area contributed by atoms with Crippen LogP contribution in [0, 0.1) is 10.1 Å². The van der Waals surface area contributed by atoms with Crippen LogP contribution in [0.2, 0.25) is 0 Å². The second-order valence-electron chi connectivity index (χ2n) is 3.96. The maximum Gasteiger partial charge on any atom is 0.317 e. The zero-order chi connectivity index (χ0) is 13.8. The molecular weight excluding hydrogens is 312 g/mol. The van der Waals surface area contributed by atoms with Gasteiger partial charge in [-0.05, 0) is 34.5 Å². The molecule has 0 radical (unpaired) electrons. The van der Waals surface area contributed by atoms with Crippen molar-refractivity contribution >= 4 is 27.3 Å². The van der Waals surface area contributed by atoms with Gasteiger partial charge in [0.25, 0.3) is 0 Å². The van der Waals surface area contributed by atoms with Crippen LogP contribution in [0.5, 0.6) is 0 Å². The first kappa shape index (κ1) is 13.5. The number of nitro benzene ring substituents is 1. The molecule has 2 aromatic rings. The van der Waals surface area contributed by atoms with Gasteiger partial charge in [0.15, 0.2) is 0 Å². The number of halogens is 1. The number of nitro groups is 1. The highest BCUT2D eigenvalue weighted by Gasteiger charge is 2.21. The van der Waals surface area contributed by atoms with Gasteiger partial charge in [0.1, 0.15) is 11.4 Å². The van der Waals surface area contributed by atoms with Crippen LogP contribution in [-0.4, -0.2) is 21.2 Å². The van der Waals surface area contributed by atoms with Gasteiger partial charge in [-0.1, -0.05) is 13.0 Å². The Balaban J connectivity index is 2.51. The number of benzene rings is 1. The van der Waals surface area contributed by atoms with E-state index in [1.165, 1.54) is 4.68 Å². The number of nitrogens with zero attached hydrogens (tertiary/aromatic N) is 3. The molecule has 0 spiro atoms. The van der Waals surface area contributed by atoms with Crippen LogP contribution in [-0.2, 0) is 0 Å². The van der Waals surface area contributed by atoms with Crippen molar-refractivity contribution in [2.24, 2.45) is 0 Å². The van der Waals surface area contributed by atoms with E-state index < -0.39 is 0 Å². The smallest absolute Gasteiger partial charge is 0.317 e. The molecule has 1 aromatic heterocycles. The number of aromatic nitrogens is 2. The summed E-state index contributed by atoms with van der Waals surface area (Å²) in [4.78, 5) is 10.9. The molecule has 1 heterocycles. The number of para-hydroxylation sites is 1. The molecule has 7 heteroatoms. The third-order valence-electron chi connectivity index (χ3n) is 2.56. The van der Waals surface area contributed by atoms with E-state index in [2.05, 4.69) is 26.3 Å². The summed E-state index contributed by atoms with van der Waals surface area (Å²) >= 11 is 3.28. The Morgan fingerprint density at radius 1 is 1.53 bits per heavy atom. The highest BCUT2D eigenvalue weighted by Crippen LogP contribution is 2.31. The summed E-state index contributed by atoms with van der Waals surface area (Å²) in [5.74, 6) is 0. The number of hydrogen-bond acceptors (Lipinski definition) is 4. The summed E-state index contributed by atoms with van der Waals surface area (Å²) in [5, 5.41) is 18.5. The summed E-state index contributed by atoms with van der Waals surface area (Å²) in [5.41, 5.74) is 0.985. The SMILES string of the molecule is CCCNc1cccc(-n2cc(Br)cn2)c1[N+](=O)[O-]. The number of anilines is 1. The standard InChI is InChI=1S/C12H13BrN4O2/c1-2-6-14-10-4-3-5-11(12(10)17(18)19)16-8-9(13)7-15-16/h3-5,7-8,14H,2,6H2,1H3. The number of rotatable bonds is 5. The number of nitrogens with one attached hydrogen (secondary N) is 1. The first-order valence-electron chi connectivity index (χ1n) is 5.85. The van der Waals surface area contributed by atoms with E-state index in [1.807, 2.05) is 6.92 Å². The molecule has 1 aromatic carbocycles. The molecule has 0 fully saturated rings. The van der Waals surface area contributed by atoms with E-state index in [1.54, 1.807) is 30.6 Å². The summed E-state index contributed by atoms with van der Waals surface area (Å²) in [6, 6.07) is 5.15. The van der Waals surface area contributed by atoms with Gasteiger partial charge >= 0.3 is 5.69 Å². The second-order valence-corrected chi connectivity index (χ2v) is 4.88. The molecule has 0 aliphatic carbocycles. The van der Waals surface area contributed by atoms with Crippen molar-refractivity contribution in [2.75, 3.05) is 11.9 Å². The van der Waals surface area contributed by atoms with Gasteiger partial charge in [0, 0.05) is 12.7 Å². The van der Waals surface area contributed by atoms with Crippen molar-refractivity contribution in [3.63, 3.8) is 0 Å². The van der Waals surface area contributed by atoms with Crippen LogP contribution in [0.3, 0.4) is 0 Å². The van der Waals surface area contributed by atoms with Crippen molar-refractivity contribution in [1.82, 2.24) is 9.78 Å². The Kier molecular flexibility index (Phi) is 4.16. The predicted molar refractivity (Wildman–Crippen MR) is 76.7 cm³/mol. The summed E-state index contributed by atoms with van der Waals surface area (Å²) in [6.45, 7) is 2.69. The molecule has 100 valence electrons. The first-order valence-corrected chi connectivity index (χ1v) is 6.64. The average Bonchev–Trinajstić information content (AvgIpc) is 2.82. The van der Waals surface area contributed by atoms with Gasteiger partial charge in [0.05, 0.1) is 15.6 Å². The van der Waals surface area contributed by atoms with Crippen LogP contribution in [0.15, 0.2) is 35.1 Å². The molecule has 0 saturated carbocycles. The zero-order valence-corrected chi connectivity index (χ0v) is 11.9. The van der Waals surface area contributed by atoms with Gasteiger partial charge < -0.3 is 5.32 Å². The second kappa shape index (κ2) is 5.83. The van der Waals surface area contributed by atoms with E-state index in [4.69, 9.17) is 0 Å². The Hall–Kier alpha value is -1.89. The molecular formula is C12H13BrN4O2. The monoisotopic (exact) mass is 324 g/mol. The highest BCUT2D eigenvalue weighted by molar-refractivity contribution is 9.10. The quantitative estimate of drug-likeness (QED) is 0.676. The van der Waals surface area contributed by atoms with Crippen LogP contribution >= 0.6 is 15.9 Å². The molecule has 0 saturated heterocycles. The molecule has 6 nitrogen and oxygen atoms in total. The van der Waals surface area contributed by atoms with Gasteiger partial charge in [0.2, 0.25) is 0 Å². The van der Waals surface area contributed by atoms with E-state index in [0.717, 1.165) is 10.9 Å². The fraction of sp³-hybridized carbons (Fsp3) is 0.250. The van der Waals surface area contributed by atoms with Crippen molar-refractivity contribution < 1.29 is 4.92 Å². The van der Waals surface area contributed by atoms with Crippen molar-refractivity contribution in [1.29, 1.82) is 0 Å². The molecule has 2 rings (SSSR count). The molecule has 0 aliphatic heterocycles. The average molecular weight is 325 g/mol. The van der Waals surface area contributed by atoms with E-state index >= 15 is 0 Å². The van der Waals surface area contributed by atoms with E-state index in [9.17, 15) is 10.1 Å². The molecule has 19 heavy (non-hydrogen) atoms. The minimum Gasteiger partial charge on any atom is -0.379 e. The molecule has 0 aliphatic rings. The highest BCUT2D eigenvalue weighted by atomic mass is 79.9. The predicted octanol–water partition coefficient (Wildman–Crippen LogP) is 3.36. The number of hydrogen-bond donors (Lipinski definition) is 1. The summed E-state index contributed by atoms with van der Waals surface area (Å²) in [6.07, 6.45) is 4.18. The fourth-order valence-corrected chi connectivity index (χ4v) is 2.03. The normalized spacial score (nSPS) is 10.4. The largest absolute Gasteiger partial charge is 0.379 e. The Bertz CT molecular complexity index is 597. The Labute approximate surface area is 118 Å². The van der Waals surface area contributed by atoms with Gasteiger partial charge in [-0.25, -0.2) is 4.68 Å². The van der Waals surface area contributed by atoms with Crippen LogP contribution < -0.4 is 5.32 Å². The van der Waals surface area contributed by atoms with Crippen molar-refractivity contribution in [3.05, 3.63) is 45.2 Å². The Morgan fingerprint density at radius 3 is 2.89 bits per heavy atom. The van der Waals surface area contributed by atoms with Crippen LogP contribution in [0.1, 0.15) is 13.3 Å². The van der Waals surface area contributed by atoms with Crippen molar-refractivity contribution in [2.45, 2.75) is 13.3 Å². The van der Waals surface area contributed by atoms with Gasteiger partial charge in [-0.2, -0.15) is 5.10 Å². The third kappa shape index (κ3) is 2.93. The lowest BCUT2D eigenvalue weighted by atomic mass is 10.2. The maximum atomic E-state index is 11.3. The van der Waals surface area contributed by atoms with Crippen LogP contribution in [0.25, 0.3) is 5.69 Å². The minimum atomic E-state index is -0.386. The Morgan fingerprint density at radius 2 is 2.32 bits per heavy atom. The zero-order valence-electron chi connectivity index (χ0n) is 10.3. The lowest BCUT2D eigenvalue weighted by Crippen LogP contribution is -2.07. The van der Waals surface area contributed by atoms with Gasteiger partial charge in [-0.3, -0.25) is 10.1 Å². The molecule has 0 amide bonds. The topological polar surface area (TPSA) is 73.0 Å².